The molecule has 1 N–H and O–H groups in total. The van der Waals surface area contributed by atoms with Crippen LogP contribution in [0.2, 0.25) is 0 Å². The summed E-state index contributed by atoms with van der Waals surface area (Å²) in [5.41, 5.74) is 1.18. The van der Waals surface area contributed by atoms with Crippen LogP contribution in [-0.4, -0.2) is 44.7 Å². The number of hydrogen-bond donors (Lipinski definition) is 1. The van der Waals surface area contributed by atoms with Crippen molar-refractivity contribution >= 4 is 10.0 Å². The van der Waals surface area contributed by atoms with E-state index < -0.39 is 10.0 Å². The molecule has 2 rings (SSSR count). The van der Waals surface area contributed by atoms with Crippen molar-refractivity contribution < 1.29 is 8.42 Å². The monoisotopic (exact) mass is 268 g/mol. The van der Waals surface area contributed by atoms with Crippen molar-refractivity contribution in [3.05, 3.63) is 35.9 Å². The maximum Gasteiger partial charge on any atom is 0.214 e. The standard InChI is InChI=1S/C13H20N2O2S/c16-18(17)12-4-8-14-9-11-15(18)10-7-13-5-2-1-3-6-13/h1-3,5-6,14H,4,7-12H2. The lowest BCUT2D eigenvalue weighted by Gasteiger charge is -2.24. The van der Waals surface area contributed by atoms with Gasteiger partial charge in [-0.1, -0.05) is 30.3 Å². The predicted molar refractivity (Wildman–Crippen MR) is 73.0 cm³/mol. The highest BCUT2D eigenvalue weighted by molar-refractivity contribution is 7.89. The molecule has 0 spiro atoms. The zero-order valence-corrected chi connectivity index (χ0v) is 11.3. The van der Waals surface area contributed by atoms with Gasteiger partial charge in [0.25, 0.3) is 0 Å². The summed E-state index contributed by atoms with van der Waals surface area (Å²) in [5, 5.41) is 3.25. The van der Waals surface area contributed by atoms with E-state index in [2.05, 4.69) is 5.32 Å². The minimum Gasteiger partial charge on any atom is -0.315 e. The molecule has 1 aromatic carbocycles. The van der Waals surface area contributed by atoms with Crippen molar-refractivity contribution in [3.63, 3.8) is 0 Å². The molecular weight excluding hydrogens is 248 g/mol. The first-order chi connectivity index (χ1) is 8.68. The van der Waals surface area contributed by atoms with Gasteiger partial charge in [-0.3, -0.25) is 0 Å². The van der Waals surface area contributed by atoms with E-state index in [9.17, 15) is 8.42 Å². The average molecular weight is 268 g/mol. The van der Waals surface area contributed by atoms with E-state index in [4.69, 9.17) is 0 Å². The molecule has 4 nitrogen and oxygen atoms in total. The van der Waals surface area contributed by atoms with Gasteiger partial charge in [0.15, 0.2) is 0 Å². The Hall–Kier alpha value is -0.910. The van der Waals surface area contributed by atoms with Crippen LogP contribution in [0.1, 0.15) is 12.0 Å². The molecule has 0 amide bonds. The van der Waals surface area contributed by atoms with Crippen LogP contribution in [0.4, 0.5) is 0 Å². The normalized spacial score (nSPS) is 21.1. The molecule has 1 saturated heterocycles. The first-order valence-corrected chi connectivity index (χ1v) is 8.02. The Morgan fingerprint density at radius 2 is 1.94 bits per heavy atom. The molecule has 0 bridgehead atoms. The van der Waals surface area contributed by atoms with Crippen molar-refractivity contribution in [2.24, 2.45) is 0 Å². The second kappa shape index (κ2) is 6.31. The lowest BCUT2D eigenvalue weighted by molar-refractivity contribution is 0.397. The van der Waals surface area contributed by atoms with Crippen LogP contribution in [-0.2, 0) is 16.4 Å². The fourth-order valence-electron chi connectivity index (χ4n) is 2.13. The number of sulfonamides is 1. The fourth-order valence-corrected chi connectivity index (χ4v) is 3.63. The molecule has 0 aromatic heterocycles. The molecule has 0 aliphatic carbocycles. The molecule has 0 atom stereocenters. The summed E-state index contributed by atoms with van der Waals surface area (Å²) in [5.74, 6) is 0.259. The van der Waals surface area contributed by atoms with Gasteiger partial charge < -0.3 is 5.32 Å². The van der Waals surface area contributed by atoms with Gasteiger partial charge >= 0.3 is 0 Å². The van der Waals surface area contributed by atoms with Crippen LogP contribution in [0.15, 0.2) is 30.3 Å². The van der Waals surface area contributed by atoms with Gasteiger partial charge in [0, 0.05) is 19.6 Å². The van der Waals surface area contributed by atoms with Crippen LogP contribution < -0.4 is 5.32 Å². The number of nitrogens with one attached hydrogen (secondary N) is 1. The van der Waals surface area contributed by atoms with E-state index in [1.54, 1.807) is 4.31 Å². The van der Waals surface area contributed by atoms with Crippen LogP contribution in [0.5, 0.6) is 0 Å². The summed E-state index contributed by atoms with van der Waals surface area (Å²) in [7, 11) is -3.06. The van der Waals surface area contributed by atoms with Gasteiger partial charge in [-0.2, -0.15) is 0 Å². The molecular formula is C13H20N2O2S. The Balaban J connectivity index is 1.97. The Morgan fingerprint density at radius 1 is 1.17 bits per heavy atom. The number of rotatable bonds is 3. The third-order valence-corrected chi connectivity index (χ3v) is 5.14. The maximum atomic E-state index is 12.1. The van der Waals surface area contributed by atoms with Crippen LogP contribution in [0.3, 0.4) is 0 Å². The lowest BCUT2D eigenvalue weighted by atomic mass is 10.1. The summed E-state index contributed by atoms with van der Waals surface area (Å²) in [6, 6.07) is 10.0. The van der Waals surface area contributed by atoms with Gasteiger partial charge in [-0.25, -0.2) is 12.7 Å². The largest absolute Gasteiger partial charge is 0.315 e. The molecule has 1 heterocycles. The second-order valence-corrected chi connectivity index (χ2v) is 6.64. The molecule has 1 aliphatic rings. The molecule has 1 aromatic rings. The number of benzene rings is 1. The van der Waals surface area contributed by atoms with Crippen molar-refractivity contribution in [1.29, 1.82) is 0 Å². The summed E-state index contributed by atoms with van der Waals surface area (Å²) < 4.78 is 25.8. The SMILES string of the molecule is O=S1(=O)CCCNCCN1CCc1ccccc1. The summed E-state index contributed by atoms with van der Waals surface area (Å²) in [4.78, 5) is 0. The van der Waals surface area contributed by atoms with Gasteiger partial charge in [0.2, 0.25) is 10.0 Å². The fraction of sp³-hybridized carbons (Fsp3) is 0.538. The van der Waals surface area contributed by atoms with Crippen LogP contribution in [0.25, 0.3) is 0 Å². The average Bonchev–Trinajstić information content (AvgIpc) is 2.35. The predicted octanol–water partition coefficient (Wildman–Crippen LogP) is 0.854. The van der Waals surface area contributed by atoms with Crippen molar-refractivity contribution in [1.82, 2.24) is 9.62 Å². The van der Waals surface area contributed by atoms with Crippen LogP contribution >= 0.6 is 0 Å². The first kappa shape index (κ1) is 13.5. The maximum absolute atomic E-state index is 12.1. The van der Waals surface area contributed by atoms with E-state index in [1.165, 1.54) is 5.56 Å². The Kier molecular flexibility index (Phi) is 4.74. The summed E-state index contributed by atoms with van der Waals surface area (Å²) in [6.07, 6.45) is 1.48. The number of nitrogens with zero attached hydrogens (tertiary/aromatic N) is 1. The van der Waals surface area contributed by atoms with E-state index in [0.29, 0.717) is 19.5 Å². The van der Waals surface area contributed by atoms with E-state index in [1.807, 2.05) is 30.3 Å². The highest BCUT2D eigenvalue weighted by atomic mass is 32.2. The zero-order chi connectivity index (χ0) is 12.8. The van der Waals surface area contributed by atoms with Crippen molar-refractivity contribution in [3.8, 4) is 0 Å². The lowest BCUT2D eigenvalue weighted by Crippen LogP contribution is -2.42. The van der Waals surface area contributed by atoms with Crippen molar-refractivity contribution in [2.45, 2.75) is 12.8 Å². The van der Waals surface area contributed by atoms with Gasteiger partial charge in [0.05, 0.1) is 5.75 Å². The highest BCUT2D eigenvalue weighted by Gasteiger charge is 2.22. The molecule has 0 radical (unpaired) electrons. The van der Waals surface area contributed by atoms with Gasteiger partial charge in [-0.15, -0.1) is 0 Å². The topological polar surface area (TPSA) is 49.4 Å². The first-order valence-electron chi connectivity index (χ1n) is 6.41. The zero-order valence-electron chi connectivity index (χ0n) is 10.5. The molecule has 0 saturated carbocycles. The van der Waals surface area contributed by atoms with Crippen LogP contribution in [0, 0.1) is 0 Å². The van der Waals surface area contributed by atoms with E-state index in [0.717, 1.165) is 19.5 Å². The van der Waals surface area contributed by atoms with Crippen molar-refractivity contribution in [2.75, 3.05) is 31.9 Å². The minimum atomic E-state index is -3.06. The Bertz CT molecular complexity index is 459. The molecule has 100 valence electrons. The molecule has 1 fully saturated rings. The second-order valence-electron chi connectivity index (χ2n) is 4.55. The summed E-state index contributed by atoms with van der Waals surface area (Å²) in [6.45, 7) is 2.70. The summed E-state index contributed by atoms with van der Waals surface area (Å²) >= 11 is 0. The van der Waals surface area contributed by atoms with Gasteiger partial charge in [-0.05, 0) is 24.9 Å². The van der Waals surface area contributed by atoms with E-state index in [-0.39, 0.29) is 5.75 Å². The van der Waals surface area contributed by atoms with Gasteiger partial charge in [0.1, 0.15) is 0 Å². The third kappa shape index (κ3) is 3.80. The Labute approximate surface area is 109 Å². The smallest absolute Gasteiger partial charge is 0.214 e. The molecule has 5 heteroatoms. The Morgan fingerprint density at radius 3 is 2.72 bits per heavy atom. The molecule has 0 unspecified atom stereocenters. The highest BCUT2D eigenvalue weighted by Crippen LogP contribution is 2.08. The number of hydrogen-bond acceptors (Lipinski definition) is 3. The molecule has 18 heavy (non-hydrogen) atoms. The van der Waals surface area contributed by atoms with E-state index >= 15 is 0 Å². The third-order valence-electron chi connectivity index (χ3n) is 3.18. The minimum absolute atomic E-state index is 0.259. The molecule has 1 aliphatic heterocycles. The quantitative estimate of drug-likeness (QED) is 0.884.